The number of aliphatic hydroxyl groups excluding tert-OH is 1. The van der Waals surface area contributed by atoms with E-state index in [-0.39, 0.29) is 6.61 Å². The Kier molecular flexibility index (Phi) is 7.96. The van der Waals surface area contributed by atoms with Crippen LogP contribution in [0.25, 0.3) is 32.3 Å². The molecule has 0 aliphatic carbocycles. The van der Waals surface area contributed by atoms with Gasteiger partial charge in [-0.25, -0.2) is 0 Å². The Hall–Kier alpha value is -2.06. The molecule has 0 aliphatic rings. The Labute approximate surface area is 196 Å². The molecule has 5 nitrogen and oxygen atoms in total. The Bertz CT molecular complexity index is 1100. The van der Waals surface area contributed by atoms with E-state index in [1.165, 1.54) is 32.3 Å². The molecule has 0 amide bonds. The van der Waals surface area contributed by atoms with Crippen molar-refractivity contribution in [3.05, 3.63) is 60.2 Å². The van der Waals surface area contributed by atoms with Crippen molar-refractivity contribution >= 4 is 41.1 Å². The van der Waals surface area contributed by atoms with Gasteiger partial charge in [0.25, 0.3) is 0 Å². The zero-order chi connectivity index (χ0) is 23.3. The molecule has 4 rings (SSSR count). The average molecular weight is 467 g/mol. The predicted molar refractivity (Wildman–Crippen MR) is 136 cm³/mol. The van der Waals surface area contributed by atoms with Crippen LogP contribution in [0.5, 0.6) is 0 Å². The van der Waals surface area contributed by atoms with Crippen LogP contribution in [-0.2, 0) is 24.6 Å². The van der Waals surface area contributed by atoms with E-state index in [2.05, 4.69) is 54.6 Å². The standard InChI is InChI=1S/C27H34O5Si/c1-4-30-33(31-5-2,32-6-3)15-14-25(28)19-29-18-20-16-23-12-10-21-8-7-9-22-11-13-24(17-20)27(23)26(21)22/h7-13,16-17,25,28H,4-6,14-15,18-19H2,1-3H3. The number of ether oxygens (including phenoxy) is 1. The van der Waals surface area contributed by atoms with E-state index in [4.69, 9.17) is 18.0 Å². The molecule has 33 heavy (non-hydrogen) atoms. The van der Waals surface area contributed by atoms with Gasteiger partial charge in [-0.05, 0) is 77.2 Å². The summed E-state index contributed by atoms with van der Waals surface area (Å²) in [5.74, 6) is 0. The molecule has 0 aromatic heterocycles. The number of hydrogen-bond donors (Lipinski definition) is 1. The van der Waals surface area contributed by atoms with Crippen LogP contribution in [-0.4, -0.2) is 46.4 Å². The molecule has 0 aliphatic heterocycles. The van der Waals surface area contributed by atoms with Gasteiger partial charge < -0.3 is 23.1 Å². The number of rotatable bonds is 13. The topological polar surface area (TPSA) is 57.2 Å². The Balaban J connectivity index is 1.39. The minimum Gasteiger partial charge on any atom is -0.391 e. The minimum absolute atomic E-state index is 0.264. The zero-order valence-electron chi connectivity index (χ0n) is 19.8. The molecule has 0 radical (unpaired) electrons. The van der Waals surface area contributed by atoms with Gasteiger partial charge in [0.2, 0.25) is 0 Å². The lowest BCUT2D eigenvalue weighted by atomic mass is 9.93. The third-order valence-corrected chi connectivity index (χ3v) is 9.06. The highest BCUT2D eigenvalue weighted by atomic mass is 28.4. The summed E-state index contributed by atoms with van der Waals surface area (Å²) in [7, 11) is -2.74. The molecule has 176 valence electrons. The normalized spacial score (nSPS) is 13.5. The fraction of sp³-hybridized carbons (Fsp3) is 0.407. The summed E-state index contributed by atoms with van der Waals surface area (Å²) in [6, 6.07) is 20.1. The summed E-state index contributed by atoms with van der Waals surface area (Å²) in [6.45, 7) is 8.15. The van der Waals surface area contributed by atoms with Crippen LogP contribution in [0.3, 0.4) is 0 Å². The molecule has 1 atom stereocenters. The second-order valence-corrected chi connectivity index (χ2v) is 11.0. The van der Waals surface area contributed by atoms with E-state index in [0.29, 0.717) is 38.9 Å². The summed E-state index contributed by atoms with van der Waals surface area (Å²) in [4.78, 5) is 0. The Morgan fingerprint density at radius 2 is 1.27 bits per heavy atom. The fourth-order valence-corrected chi connectivity index (χ4v) is 7.33. The molecule has 1 unspecified atom stereocenters. The van der Waals surface area contributed by atoms with Crippen molar-refractivity contribution in [3.63, 3.8) is 0 Å². The van der Waals surface area contributed by atoms with Gasteiger partial charge >= 0.3 is 8.80 Å². The van der Waals surface area contributed by atoms with Crippen molar-refractivity contribution in [2.45, 2.75) is 45.9 Å². The highest BCUT2D eigenvalue weighted by Crippen LogP contribution is 2.35. The van der Waals surface area contributed by atoms with Gasteiger partial charge in [0.05, 0.1) is 19.3 Å². The van der Waals surface area contributed by atoms with Crippen molar-refractivity contribution in [3.8, 4) is 0 Å². The van der Waals surface area contributed by atoms with Crippen LogP contribution < -0.4 is 0 Å². The zero-order valence-corrected chi connectivity index (χ0v) is 20.8. The van der Waals surface area contributed by atoms with E-state index >= 15 is 0 Å². The molecule has 0 heterocycles. The first kappa shape index (κ1) is 24.1. The average Bonchev–Trinajstić information content (AvgIpc) is 2.82. The lowest BCUT2D eigenvalue weighted by Crippen LogP contribution is -2.46. The Morgan fingerprint density at radius 1 is 0.758 bits per heavy atom. The largest absolute Gasteiger partial charge is 0.501 e. The summed E-state index contributed by atoms with van der Waals surface area (Å²) in [5, 5.41) is 18.1. The van der Waals surface area contributed by atoms with Crippen molar-refractivity contribution in [2.75, 3.05) is 26.4 Å². The van der Waals surface area contributed by atoms with Gasteiger partial charge in [0.15, 0.2) is 0 Å². The summed E-state index contributed by atoms with van der Waals surface area (Å²) in [6.07, 6.45) is -0.0735. The maximum atomic E-state index is 10.5. The maximum Gasteiger partial charge on any atom is 0.501 e. The van der Waals surface area contributed by atoms with Crippen LogP contribution in [0.1, 0.15) is 32.8 Å². The molecule has 4 aromatic rings. The van der Waals surface area contributed by atoms with E-state index < -0.39 is 14.9 Å². The van der Waals surface area contributed by atoms with E-state index in [1.807, 2.05) is 20.8 Å². The van der Waals surface area contributed by atoms with Gasteiger partial charge in [0, 0.05) is 25.9 Å². The second kappa shape index (κ2) is 10.9. The minimum atomic E-state index is -2.74. The molecule has 0 bridgehead atoms. The van der Waals surface area contributed by atoms with Crippen molar-refractivity contribution in [2.24, 2.45) is 0 Å². The third kappa shape index (κ3) is 5.37. The Morgan fingerprint density at radius 3 is 1.82 bits per heavy atom. The summed E-state index contributed by atoms with van der Waals surface area (Å²) in [5.41, 5.74) is 1.11. The lowest BCUT2D eigenvalue weighted by molar-refractivity contribution is 0.0201. The quantitative estimate of drug-likeness (QED) is 0.196. The van der Waals surface area contributed by atoms with Gasteiger partial charge in [-0.1, -0.05) is 42.5 Å². The van der Waals surface area contributed by atoms with Crippen LogP contribution >= 0.6 is 0 Å². The van der Waals surface area contributed by atoms with Crippen molar-refractivity contribution < 1.29 is 23.1 Å². The molecule has 4 aromatic carbocycles. The highest BCUT2D eigenvalue weighted by molar-refractivity contribution is 6.60. The van der Waals surface area contributed by atoms with Crippen LogP contribution in [0.4, 0.5) is 0 Å². The van der Waals surface area contributed by atoms with Gasteiger partial charge in [-0.2, -0.15) is 0 Å². The van der Waals surface area contributed by atoms with Crippen LogP contribution in [0.15, 0.2) is 54.6 Å². The molecule has 6 heteroatoms. The summed E-state index contributed by atoms with van der Waals surface area (Å²) >= 11 is 0. The molecular formula is C27H34O5Si. The lowest BCUT2D eigenvalue weighted by Gasteiger charge is -2.29. The summed E-state index contributed by atoms with van der Waals surface area (Å²) < 4.78 is 23.5. The molecular weight excluding hydrogens is 432 g/mol. The molecule has 0 spiro atoms. The monoisotopic (exact) mass is 466 g/mol. The smallest absolute Gasteiger partial charge is 0.391 e. The van der Waals surface area contributed by atoms with Crippen molar-refractivity contribution in [1.29, 1.82) is 0 Å². The van der Waals surface area contributed by atoms with Crippen molar-refractivity contribution in [1.82, 2.24) is 0 Å². The molecule has 0 fully saturated rings. The van der Waals surface area contributed by atoms with Crippen LogP contribution in [0.2, 0.25) is 6.04 Å². The number of benzene rings is 4. The molecule has 0 saturated heterocycles. The van der Waals surface area contributed by atoms with E-state index in [1.54, 1.807) is 0 Å². The van der Waals surface area contributed by atoms with Gasteiger partial charge in [0.1, 0.15) is 0 Å². The first-order valence-corrected chi connectivity index (χ1v) is 13.9. The fourth-order valence-electron chi connectivity index (χ4n) is 4.64. The van der Waals surface area contributed by atoms with Gasteiger partial charge in [-0.3, -0.25) is 0 Å². The van der Waals surface area contributed by atoms with Crippen LogP contribution in [0, 0.1) is 0 Å². The third-order valence-electron chi connectivity index (χ3n) is 5.98. The molecule has 1 N–H and O–H groups in total. The number of hydrogen-bond acceptors (Lipinski definition) is 5. The van der Waals surface area contributed by atoms with Gasteiger partial charge in [-0.15, -0.1) is 0 Å². The number of aliphatic hydroxyl groups is 1. The first-order chi connectivity index (χ1) is 16.1. The molecule has 0 saturated carbocycles. The highest BCUT2D eigenvalue weighted by Gasteiger charge is 2.40. The second-order valence-electron chi connectivity index (χ2n) is 8.32. The maximum absolute atomic E-state index is 10.5. The van der Waals surface area contributed by atoms with E-state index in [0.717, 1.165) is 5.56 Å². The predicted octanol–water partition coefficient (Wildman–Crippen LogP) is 5.90. The first-order valence-electron chi connectivity index (χ1n) is 11.9. The SMILES string of the molecule is CCO[Si](CCC(O)COCc1cc2ccc3cccc4ccc(c1)c2c34)(OCC)OCC. The van der Waals surface area contributed by atoms with E-state index in [9.17, 15) is 5.11 Å².